The van der Waals surface area contributed by atoms with Crippen LogP contribution in [0.3, 0.4) is 0 Å². The fraction of sp³-hybridized carbons (Fsp3) is 0.500. The molecule has 2 heterocycles. The highest BCUT2D eigenvalue weighted by Crippen LogP contribution is 2.35. The van der Waals surface area contributed by atoms with Crippen molar-refractivity contribution in [2.24, 2.45) is 0 Å². The second-order valence-electron chi connectivity index (χ2n) is 5.44. The van der Waals surface area contributed by atoms with Gasteiger partial charge in [-0.3, -0.25) is 19.8 Å². The molecule has 112 valence electrons. The van der Waals surface area contributed by atoms with E-state index in [2.05, 4.69) is 15.5 Å². The monoisotopic (exact) mass is 290 g/mol. The van der Waals surface area contributed by atoms with E-state index in [1.54, 1.807) is 19.2 Å². The van der Waals surface area contributed by atoms with E-state index in [-0.39, 0.29) is 23.8 Å². The molecule has 2 atom stereocenters. The lowest BCUT2D eigenvalue weighted by Crippen LogP contribution is -2.38. The first-order valence-corrected chi connectivity index (χ1v) is 7.14. The van der Waals surface area contributed by atoms with Gasteiger partial charge in [0, 0.05) is 19.7 Å². The van der Waals surface area contributed by atoms with Gasteiger partial charge in [-0.05, 0) is 24.5 Å². The number of hydrogen-bond donors (Lipinski definition) is 2. The van der Waals surface area contributed by atoms with E-state index in [0.29, 0.717) is 5.69 Å². The molecule has 0 bridgehead atoms. The van der Waals surface area contributed by atoms with Crippen LogP contribution in [0, 0.1) is 10.1 Å². The summed E-state index contributed by atoms with van der Waals surface area (Å²) in [6.07, 6.45) is 2.71. The normalized spacial score (nSPS) is 25.3. The summed E-state index contributed by atoms with van der Waals surface area (Å²) in [6.45, 7) is 0.843. The standard InChI is InChI=1S/C14H18N4O3/c1-15-10-6-5-9(8-12(10)18(20)21)13-16-14(19)11-4-2-3-7-17(11)13/h5-6,8,11,13,15H,2-4,7H2,1H3,(H,16,19)/t11-,13+/m1/s1. The van der Waals surface area contributed by atoms with Gasteiger partial charge >= 0.3 is 0 Å². The largest absolute Gasteiger partial charge is 0.383 e. The van der Waals surface area contributed by atoms with Gasteiger partial charge in [0.25, 0.3) is 5.69 Å². The first-order valence-electron chi connectivity index (χ1n) is 7.14. The molecule has 2 N–H and O–H groups in total. The molecule has 0 radical (unpaired) electrons. The van der Waals surface area contributed by atoms with Gasteiger partial charge in [0.1, 0.15) is 11.9 Å². The Bertz CT molecular complexity index is 590. The highest BCUT2D eigenvalue weighted by molar-refractivity contribution is 5.84. The first kappa shape index (κ1) is 13.8. The Labute approximate surface area is 122 Å². The molecule has 3 rings (SSSR count). The van der Waals surface area contributed by atoms with Gasteiger partial charge in [-0.1, -0.05) is 12.5 Å². The summed E-state index contributed by atoms with van der Waals surface area (Å²) in [5.41, 5.74) is 1.27. The number of carbonyl (C=O) groups is 1. The summed E-state index contributed by atoms with van der Waals surface area (Å²) in [5.74, 6) is 0.0278. The van der Waals surface area contributed by atoms with Gasteiger partial charge in [-0.2, -0.15) is 0 Å². The number of benzene rings is 1. The molecule has 0 aromatic heterocycles. The lowest BCUT2D eigenvalue weighted by Gasteiger charge is -2.31. The second kappa shape index (κ2) is 5.33. The van der Waals surface area contributed by atoms with Crippen LogP contribution >= 0.6 is 0 Å². The van der Waals surface area contributed by atoms with Crippen molar-refractivity contribution in [1.29, 1.82) is 0 Å². The number of anilines is 1. The third-order valence-electron chi connectivity index (χ3n) is 4.26. The van der Waals surface area contributed by atoms with E-state index >= 15 is 0 Å². The van der Waals surface area contributed by atoms with Crippen molar-refractivity contribution in [3.63, 3.8) is 0 Å². The molecule has 7 heteroatoms. The fourth-order valence-corrected chi connectivity index (χ4v) is 3.21. The summed E-state index contributed by atoms with van der Waals surface area (Å²) >= 11 is 0. The SMILES string of the molecule is CNc1ccc([C@H]2NC(=O)[C@H]3CCCCN32)cc1[N+](=O)[O-]. The number of nitrogens with zero attached hydrogens (tertiary/aromatic N) is 2. The number of nitro benzene ring substituents is 1. The zero-order valence-corrected chi connectivity index (χ0v) is 11.8. The molecule has 2 aliphatic rings. The van der Waals surface area contributed by atoms with Crippen LogP contribution in [0.2, 0.25) is 0 Å². The number of rotatable bonds is 3. The Kier molecular flexibility index (Phi) is 3.50. The topological polar surface area (TPSA) is 87.5 Å². The number of piperidine rings is 1. The highest BCUT2D eigenvalue weighted by Gasteiger charge is 2.41. The van der Waals surface area contributed by atoms with Crippen LogP contribution < -0.4 is 10.6 Å². The van der Waals surface area contributed by atoms with Gasteiger partial charge in [0.05, 0.1) is 11.0 Å². The molecule has 1 aromatic carbocycles. The summed E-state index contributed by atoms with van der Waals surface area (Å²) < 4.78 is 0. The minimum atomic E-state index is -0.403. The zero-order valence-electron chi connectivity index (χ0n) is 11.8. The van der Waals surface area contributed by atoms with Crippen LogP contribution in [0.4, 0.5) is 11.4 Å². The van der Waals surface area contributed by atoms with Crippen molar-refractivity contribution >= 4 is 17.3 Å². The molecular formula is C14H18N4O3. The Hall–Kier alpha value is -2.15. The molecule has 0 spiro atoms. The molecule has 0 aliphatic carbocycles. The van der Waals surface area contributed by atoms with Gasteiger partial charge in [-0.15, -0.1) is 0 Å². The van der Waals surface area contributed by atoms with E-state index in [9.17, 15) is 14.9 Å². The second-order valence-corrected chi connectivity index (χ2v) is 5.44. The third-order valence-corrected chi connectivity index (χ3v) is 4.26. The maximum atomic E-state index is 12.0. The number of hydrogen-bond acceptors (Lipinski definition) is 5. The van der Waals surface area contributed by atoms with Crippen molar-refractivity contribution in [3.05, 3.63) is 33.9 Å². The molecule has 21 heavy (non-hydrogen) atoms. The average Bonchev–Trinajstić information content (AvgIpc) is 2.84. The Balaban J connectivity index is 1.95. The molecular weight excluding hydrogens is 272 g/mol. The maximum Gasteiger partial charge on any atom is 0.292 e. The van der Waals surface area contributed by atoms with Gasteiger partial charge in [0.15, 0.2) is 0 Å². The summed E-state index contributed by atoms with van der Waals surface area (Å²) in [6, 6.07) is 4.98. The third kappa shape index (κ3) is 2.33. The van der Waals surface area contributed by atoms with E-state index in [1.807, 2.05) is 6.07 Å². The molecule has 1 amide bonds. The Morgan fingerprint density at radius 1 is 1.43 bits per heavy atom. The van der Waals surface area contributed by atoms with Crippen LogP contribution in [0.15, 0.2) is 18.2 Å². The van der Waals surface area contributed by atoms with Crippen molar-refractivity contribution in [2.75, 3.05) is 18.9 Å². The molecule has 0 saturated carbocycles. The van der Waals surface area contributed by atoms with Crippen LogP contribution in [-0.2, 0) is 4.79 Å². The average molecular weight is 290 g/mol. The minimum Gasteiger partial charge on any atom is -0.383 e. The molecule has 0 unspecified atom stereocenters. The lowest BCUT2D eigenvalue weighted by molar-refractivity contribution is -0.384. The van der Waals surface area contributed by atoms with Gasteiger partial charge < -0.3 is 10.6 Å². The smallest absolute Gasteiger partial charge is 0.292 e. The predicted molar refractivity (Wildman–Crippen MR) is 77.9 cm³/mol. The van der Waals surface area contributed by atoms with Crippen LogP contribution in [0.1, 0.15) is 31.0 Å². The maximum absolute atomic E-state index is 12.0. The zero-order chi connectivity index (χ0) is 15.0. The fourth-order valence-electron chi connectivity index (χ4n) is 3.21. The van der Waals surface area contributed by atoms with E-state index in [0.717, 1.165) is 31.4 Å². The van der Waals surface area contributed by atoms with Crippen molar-refractivity contribution in [1.82, 2.24) is 10.2 Å². The van der Waals surface area contributed by atoms with E-state index < -0.39 is 4.92 Å². The molecule has 2 aliphatic heterocycles. The van der Waals surface area contributed by atoms with Gasteiger partial charge in [0.2, 0.25) is 5.91 Å². The quantitative estimate of drug-likeness (QED) is 0.652. The predicted octanol–water partition coefficient (Wildman–Crippen LogP) is 1.62. The number of fused-ring (bicyclic) bond motifs is 1. The van der Waals surface area contributed by atoms with E-state index in [1.165, 1.54) is 0 Å². The Morgan fingerprint density at radius 3 is 2.95 bits per heavy atom. The van der Waals surface area contributed by atoms with Crippen molar-refractivity contribution in [3.8, 4) is 0 Å². The summed E-state index contributed by atoms with van der Waals surface area (Å²) in [5, 5.41) is 16.9. The summed E-state index contributed by atoms with van der Waals surface area (Å²) in [7, 11) is 1.65. The molecule has 2 fully saturated rings. The van der Waals surface area contributed by atoms with Crippen LogP contribution in [0.5, 0.6) is 0 Å². The highest BCUT2D eigenvalue weighted by atomic mass is 16.6. The first-order chi connectivity index (χ1) is 10.1. The van der Waals surface area contributed by atoms with Crippen molar-refractivity contribution in [2.45, 2.75) is 31.5 Å². The van der Waals surface area contributed by atoms with Crippen LogP contribution in [-0.4, -0.2) is 35.4 Å². The van der Waals surface area contributed by atoms with Crippen molar-refractivity contribution < 1.29 is 9.72 Å². The lowest BCUT2D eigenvalue weighted by atomic mass is 10.0. The molecule has 7 nitrogen and oxygen atoms in total. The van der Waals surface area contributed by atoms with Crippen LogP contribution in [0.25, 0.3) is 0 Å². The van der Waals surface area contributed by atoms with E-state index in [4.69, 9.17) is 0 Å². The number of nitrogens with one attached hydrogen (secondary N) is 2. The van der Waals surface area contributed by atoms with Gasteiger partial charge in [-0.25, -0.2) is 0 Å². The minimum absolute atomic E-state index is 0.0278. The Morgan fingerprint density at radius 2 is 2.24 bits per heavy atom. The number of carbonyl (C=O) groups excluding carboxylic acids is 1. The summed E-state index contributed by atoms with van der Waals surface area (Å²) in [4.78, 5) is 24.9. The number of amides is 1. The molecule has 2 saturated heterocycles. The number of nitro groups is 1. The molecule has 1 aromatic rings.